The van der Waals surface area contributed by atoms with Gasteiger partial charge in [-0.3, -0.25) is 0 Å². The van der Waals surface area contributed by atoms with Gasteiger partial charge in [0, 0.05) is 6.04 Å². The van der Waals surface area contributed by atoms with Gasteiger partial charge in [0.1, 0.15) is 0 Å². The van der Waals surface area contributed by atoms with E-state index in [1.54, 1.807) is 0 Å². The maximum absolute atomic E-state index is 5.46. The van der Waals surface area contributed by atoms with Crippen molar-refractivity contribution in [2.75, 3.05) is 13.7 Å². The zero-order chi connectivity index (χ0) is 10.7. The maximum atomic E-state index is 5.46. The van der Waals surface area contributed by atoms with Crippen molar-refractivity contribution in [3.63, 3.8) is 0 Å². The molecular weight excluding hydrogens is 186 g/mol. The third kappa shape index (κ3) is 2.36. The highest BCUT2D eigenvalue weighted by Gasteiger charge is 2.32. The number of ether oxygens (including phenoxy) is 1. The van der Waals surface area contributed by atoms with Gasteiger partial charge >= 0.3 is 0 Å². The third-order valence-electron chi connectivity index (χ3n) is 4.03. The molecule has 2 nitrogen and oxygen atoms in total. The van der Waals surface area contributed by atoms with Gasteiger partial charge in [-0.15, -0.1) is 0 Å². The normalized spacial score (nSPS) is 33.3. The first-order valence-corrected chi connectivity index (χ1v) is 6.30. The van der Waals surface area contributed by atoms with Gasteiger partial charge in [0.25, 0.3) is 0 Å². The lowest BCUT2D eigenvalue weighted by Gasteiger charge is -2.30. The van der Waals surface area contributed by atoms with Crippen molar-refractivity contribution in [1.29, 1.82) is 0 Å². The van der Waals surface area contributed by atoms with Crippen LogP contribution in [0.4, 0.5) is 0 Å². The molecule has 2 aliphatic rings. The molecule has 15 heavy (non-hydrogen) atoms. The fourth-order valence-corrected chi connectivity index (χ4v) is 3.16. The molecule has 0 spiro atoms. The SMILES string of the molecule is CNC(C1=COCCC1)C1CCCC1C. The summed E-state index contributed by atoms with van der Waals surface area (Å²) in [6.45, 7) is 3.30. The quantitative estimate of drug-likeness (QED) is 0.771. The molecule has 1 fully saturated rings. The summed E-state index contributed by atoms with van der Waals surface area (Å²) in [7, 11) is 2.09. The summed E-state index contributed by atoms with van der Waals surface area (Å²) in [5, 5.41) is 3.50. The van der Waals surface area contributed by atoms with Crippen LogP contribution in [-0.4, -0.2) is 19.7 Å². The van der Waals surface area contributed by atoms with Gasteiger partial charge in [-0.2, -0.15) is 0 Å². The van der Waals surface area contributed by atoms with Gasteiger partial charge in [-0.1, -0.05) is 19.8 Å². The van der Waals surface area contributed by atoms with Crippen LogP contribution in [0.25, 0.3) is 0 Å². The molecule has 1 aliphatic carbocycles. The molecule has 1 N–H and O–H groups in total. The summed E-state index contributed by atoms with van der Waals surface area (Å²) >= 11 is 0. The van der Waals surface area contributed by atoms with E-state index in [0.29, 0.717) is 6.04 Å². The topological polar surface area (TPSA) is 21.3 Å². The molecular formula is C13H23NO. The maximum Gasteiger partial charge on any atom is 0.0876 e. The van der Waals surface area contributed by atoms with E-state index in [1.165, 1.54) is 37.7 Å². The highest BCUT2D eigenvalue weighted by atomic mass is 16.5. The second-order valence-electron chi connectivity index (χ2n) is 5.01. The van der Waals surface area contributed by atoms with Crippen LogP contribution in [0.15, 0.2) is 11.8 Å². The largest absolute Gasteiger partial charge is 0.501 e. The highest BCUT2D eigenvalue weighted by molar-refractivity contribution is 5.13. The minimum atomic E-state index is 0.558. The van der Waals surface area contributed by atoms with Gasteiger partial charge in [-0.05, 0) is 43.7 Å². The number of rotatable bonds is 3. The summed E-state index contributed by atoms with van der Waals surface area (Å²) in [5.74, 6) is 1.69. The molecule has 0 radical (unpaired) electrons. The standard InChI is InChI=1S/C13H23NO/c1-10-5-3-7-12(10)13(14-2)11-6-4-8-15-9-11/h9-10,12-14H,3-8H2,1-2H3. The predicted molar refractivity (Wildman–Crippen MR) is 62.6 cm³/mol. The molecule has 3 atom stereocenters. The number of hydrogen-bond acceptors (Lipinski definition) is 2. The molecule has 2 heteroatoms. The smallest absolute Gasteiger partial charge is 0.0876 e. The predicted octanol–water partition coefficient (Wildman–Crippen LogP) is 2.70. The Balaban J connectivity index is 2.05. The molecule has 1 aliphatic heterocycles. The van der Waals surface area contributed by atoms with E-state index in [1.807, 2.05) is 6.26 Å². The average Bonchev–Trinajstić information content (AvgIpc) is 2.68. The van der Waals surface area contributed by atoms with Gasteiger partial charge in [0.2, 0.25) is 0 Å². The van der Waals surface area contributed by atoms with E-state index in [2.05, 4.69) is 19.3 Å². The first kappa shape index (κ1) is 11.0. The van der Waals surface area contributed by atoms with E-state index >= 15 is 0 Å². The zero-order valence-electron chi connectivity index (χ0n) is 9.96. The van der Waals surface area contributed by atoms with Crippen molar-refractivity contribution in [3.8, 4) is 0 Å². The summed E-state index contributed by atoms with van der Waals surface area (Å²) in [6.07, 6.45) is 8.59. The lowest BCUT2D eigenvalue weighted by Crippen LogP contribution is -2.37. The lowest BCUT2D eigenvalue weighted by atomic mass is 9.84. The van der Waals surface area contributed by atoms with E-state index in [0.717, 1.165) is 18.4 Å². The minimum Gasteiger partial charge on any atom is -0.501 e. The Kier molecular flexibility index (Phi) is 3.68. The van der Waals surface area contributed by atoms with E-state index in [4.69, 9.17) is 4.74 Å². The summed E-state index contributed by atoms with van der Waals surface area (Å²) in [4.78, 5) is 0. The van der Waals surface area contributed by atoms with Crippen LogP contribution < -0.4 is 5.32 Å². The Hall–Kier alpha value is -0.500. The summed E-state index contributed by atoms with van der Waals surface area (Å²) in [6, 6.07) is 0.558. The fraction of sp³-hybridized carbons (Fsp3) is 0.846. The highest BCUT2D eigenvalue weighted by Crippen LogP contribution is 2.37. The first-order chi connectivity index (χ1) is 7.33. The third-order valence-corrected chi connectivity index (χ3v) is 4.03. The molecule has 0 aromatic heterocycles. The Morgan fingerprint density at radius 3 is 2.80 bits per heavy atom. The monoisotopic (exact) mass is 209 g/mol. The van der Waals surface area contributed by atoms with Gasteiger partial charge in [0.15, 0.2) is 0 Å². The molecule has 0 aromatic carbocycles. The Morgan fingerprint density at radius 1 is 1.40 bits per heavy atom. The Labute approximate surface area is 93.1 Å². The van der Waals surface area contributed by atoms with Gasteiger partial charge in [0.05, 0.1) is 12.9 Å². The number of hydrogen-bond donors (Lipinski definition) is 1. The van der Waals surface area contributed by atoms with Crippen LogP contribution in [0.5, 0.6) is 0 Å². The van der Waals surface area contributed by atoms with Crippen molar-refractivity contribution in [3.05, 3.63) is 11.8 Å². The molecule has 0 saturated heterocycles. The van der Waals surface area contributed by atoms with Crippen LogP contribution in [-0.2, 0) is 4.74 Å². The number of likely N-dealkylation sites (N-methyl/N-ethyl adjacent to an activating group) is 1. The van der Waals surface area contributed by atoms with Crippen LogP contribution in [0.1, 0.15) is 39.0 Å². The van der Waals surface area contributed by atoms with Crippen molar-refractivity contribution < 1.29 is 4.74 Å². The molecule has 86 valence electrons. The fourth-order valence-electron chi connectivity index (χ4n) is 3.16. The molecule has 0 bridgehead atoms. The van der Waals surface area contributed by atoms with Crippen LogP contribution in [0.2, 0.25) is 0 Å². The number of nitrogens with one attached hydrogen (secondary N) is 1. The molecule has 2 rings (SSSR count). The van der Waals surface area contributed by atoms with Crippen LogP contribution in [0.3, 0.4) is 0 Å². The van der Waals surface area contributed by atoms with Crippen molar-refractivity contribution in [1.82, 2.24) is 5.32 Å². The van der Waals surface area contributed by atoms with Crippen molar-refractivity contribution >= 4 is 0 Å². The average molecular weight is 209 g/mol. The van der Waals surface area contributed by atoms with E-state index in [-0.39, 0.29) is 0 Å². The minimum absolute atomic E-state index is 0.558. The van der Waals surface area contributed by atoms with Gasteiger partial charge < -0.3 is 10.1 Å². The molecule has 0 aromatic rings. The van der Waals surface area contributed by atoms with Crippen LogP contribution >= 0.6 is 0 Å². The second kappa shape index (κ2) is 5.02. The lowest BCUT2D eigenvalue weighted by molar-refractivity contribution is 0.211. The van der Waals surface area contributed by atoms with Gasteiger partial charge in [-0.25, -0.2) is 0 Å². The molecule has 1 saturated carbocycles. The Morgan fingerprint density at radius 2 is 2.27 bits per heavy atom. The van der Waals surface area contributed by atoms with Crippen molar-refractivity contribution in [2.24, 2.45) is 11.8 Å². The Bertz CT molecular complexity index is 237. The van der Waals surface area contributed by atoms with Crippen molar-refractivity contribution in [2.45, 2.75) is 45.1 Å². The second-order valence-corrected chi connectivity index (χ2v) is 5.01. The van der Waals surface area contributed by atoms with E-state index < -0.39 is 0 Å². The van der Waals surface area contributed by atoms with E-state index in [9.17, 15) is 0 Å². The first-order valence-electron chi connectivity index (χ1n) is 6.30. The van der Waals surface area contributed by atoms with Crippen LogP contribution in [0, 0.1) is 11.8 Å². The molecule has 1 heterocycles. The summed E-state index contributed by atoms with van der Waals surface area (Å²) in [5.41, 5.74) is 1.49. The zero-order valence-corrected chi connectivity index (χ0v) is 9.96. The molecule has 0 amide bonds. The summed E-state index contributed by atoms with van der Waals surface area (Å²) < 4.78 is 5.46. The molecule has 3 unspecified atom stereocenters.